The molecule has 1 aliphatic rings. The van der Waals surface area contributed by atoms with Crippen molar-refractivity contribution in [1.29, 1.82) is 0 Å². The van der Waals surface area contributed by atoms with Gasteiger partial charge in [0.15, 0.2) is 11.5 Å². The minimum atomic E-state index is 0.557. The van der Waals surface area contributed by atoms with E-state index >= 15 is 0 Å². The molecule has 0 aliphatic carbocycles. The number of rotatable bonds is 3. The van der Waals surface area contributed by atoms with Crippen LogP contribution in [-0.2, 0) is 6.54 Å². The number of anilines is 2. The van der Waals surface area contributed by atoms with E-state index in [0.29, 0.717) is 30.5 Å². The van der Waals surface area contributed by atoms with E-state index in [1.165, 1.54) is 0 Å². The minimum absolute atomic E-state index is 0.557. The number of nitrogens with one attached hydrogen (secondary N) is 1. The van der Waals surface area contributed by atoms with Crippen LogP contribution in [-0.4, -0.2) is 13.2 Å². The van der Waals surface area contributed by atoms with Crippen LogP contribution in [0.15, 0.2) is 23.6 Å². The lowest BCUT2D eigenvalue weighted by molar-refractivity contribution is 0.171. The highest BCUT2D eigenvalue weighted by atomic mass is 35.5. The van der Waals surface area contributed by atoms with Gasteiger partial charge in [-0.05, 0) is 11.4 Å². The highest BCUT2D eigenvalue weighted by molar-refractivity contribution is 7.10. The van der Waals surface area contributed by atoms with Gasteiger partial charge in [-0.25, -0.2) is 0 Å². The van der Waals surface area contributed by atoms with Gasteiger partial charge < -0.3 is 20.5 Å². The molecule has 0 spiro atoms. The maximum Gasteiger partial charge on any atom is 0.163 e. The Kier molecular flexibility index (Phi) is 3.40. The van der Waals surface area contributed by atoms with E-state index in [2.05, 4.69) is 5.32 Å². The number of thiophene rings is 1. The average molecular weight is 297 g/mol. The van der Waals surface area contributed by atoms with Gasteiger partial charge >= 0.3 is 0 Å². The quantitative estimate of drug-likeness (QED) is 0.912. The predicted molar refractivity (Wildman–Crippen MR) is 78.5 cm³/mol. The highest BCUT2D eigenvalue weighted by Gasteiger charge is 2.15. The first-order chi connectivity index (χ1) is 9.24. The molecule has 0 atom stereocenters. The third kappa shape index (κ3) is 2.57. The Hall–Kier alpha value is -1.59. The molecule has 4 nitrogen and oxygen atoms in total. The van der Waals surface area contributed by atoms with Crippen LogP contribution in [0.1, 0.15) is 4.88 Å². The largest absolute Gasteiger partial charge is 0.486 e. The topological polar surface area (TPSA) is 56.5 Å². The molecule has 0 saturated heterocycles. The molecule has 0 radical (unpaired) electrons. The first-order valence-electron chi connectivity index (χ1n) is 5.89. The molecule has 0 fully saturated rings. The smallest absolute Gasteiger partial charge is 0.163 e. The van der Waals surface area contributed by atoms with Crippen molar-refractivity contribution in [3.05, 3.63) is 33.5 Å². The fourth-order valence-electron chi connectivity index (χ4n) is 1.87. The van der Waals surface area contributed by atoms with E-state index in [1.807, 2.05) is 17.5 Å². The highest BCUT2D eigenvalue weighted by Crippen LogP contribution is 2.38. The van der Waals surface area contributed by atoms with E-state index in [1.54, 1.807) is 17.4 Å². The standard InChI is InChI=1S/C13H13ClN2O2S/c14-8-5-11-12(18-3-2-17-11)6-10(8)16-7-13-9(15)1-4-19-13/h1,4-6,16H,2-3,7,15H2. The number of nitrogen functional groups attached to an aromatic ring is 1. The Bertz CT molecular complexity index is 600. The summed E-state index contributed by atoms with van der Waals surface area (Å²) in [6.45, 7) is 1.76. The number of nitrogens with two attached hydrogens (primary N) is 1. The first-order valence-corrected chi connectivity index (χ1v) is 7.14. The molecule has 2 aromatic rings. The van der Waals surface area contributed by atoms with Crippen LogP contribution in [0.4, 0.5) is 11.4 Å². The summed E-state index contributed by atoms with van der Waals surface area (Å²) in [5.41, 5.74) is 7.46. The van der Waals surface area contributed by atoms with E-state index in [0.717, 1.165) is 22.0 Å². The molecular weight excluding hydrogens is 284 g/mol. The number of halogens is 1. The van der Waals surface area contributed by atoms with E-state index in [4.69, 9.17) is 26.8 Å². The second-order valence-corrected chi connectivity index (χ2v) is 5.54. The summed E-state index contributed by atoms with van der Waals surface area (Å²) < 4.78 is 11.0. The Morgan fingerprint density at radius 3 is 2.68 bits per heavy atom. The summed E-state index contributed by atoms with van der Waals surface area (Å²) in [7, 11) is 0. The van der Waals surface area contributed by atoms with Gasteiger partial charge in [0, 0.05) is 22.7 Å². The van der Waals surface area contributed by atoms with Gasteiger partial charge in [0.2, 0.25) is 0 Å². The molecule has 1 aliphatic heterocycles. The predicted octanol–water partition coefficient (Wildman–Crippen LogP) is 3.37. The zero-order valence-electron chi connectivity index (χ0n) is 10.1. The maximum absolute atomic E-state index is 6.22. The van der Waals surface area contributed by atoms with Gasteiger partial charge in [-0.1, -0.05) is 11.6 Å². The van der Waals surface area contributed by atoms with Crippen LogP contribution in [0.3, 0.4) is 0 Å². The van der Waals surface area contributed by atoms with Crippen LogP contribution >= 0.6 is 22.9 Å². The fraction of sp³-hybridized carbons (Fsp3) is 0.231. The van der Waals surface area contributed by atoms with Gasteiger partial charge in [-0.15, -0.1) is 11.3 Å². The molecule has 0 saturated carbocycles. The van der Waals surface area contributed by atoms with Crippen molar-refractivity contribution in [2.24, 2.45) is 0 Å². The van der Waals surface area contributed by atoms with Crippen molar-refractivity contribution in [1.82, 2.24) is 0 Å². The number of hydrogen-bond acceptors (Lipinski definition) is 5. The monoisotopic (exact) mass is 296 g/mol. The molecule has 3 rings (SSSR count). The molecule has 0 amide bonds. The van der Waals surface area contributed by atoms with Crippen molar-refractivity contribution >= 4 is 34.3 Å². The second kappa shape index (κ2) is 5.19. The number of ether oxygens (including phenoxy) is 2. The zero-order chi connectivity index (χ0) is 13.2. The third-order valence-corrected chi connectivity index (χ3v) is 4.10. The van der Waals surface area contributed by atoms with Gasteiger partial charge in [0.05, 0.1) is 17.3 Å². The Morgan fingerprint density at radius 2 is 2.00 bits per heavy atom. The van der Waals surface area contributed by atoms with Crippen molar-refractivity contribution in [3.8, 4) is 11.5 Å². The first kappa shape index (κ1) is 12.4. The molecular formula is C13H13ClN2O2S. The summed E-state index contributed by atoms with van der Waals surface area (Å²) in [4.78, 5) is 1.09. The second-order valence-electron chi connectivity index (χ2n) is 4.13. The third-order valence-electron chi connectivity index (χ3n) is 2.85. The fourth-order valence-corrected chi connectivity index (χ4v) is 2.83. The van der Waals surface area contributed by atoms with Gasteiger partial charge in [-0.3, -0.25) is 0 Å². The molecule has 19 heavy (non-hydrogen) atoms. The molecule has 6 heteroatoms. The summed E-state index contributed by atoms with van der Waals surface area (Å²) >= 11 is 7.83. The summed E-state index contributed by atoms with van der Waals surface area (Å²) in [6, 6.07) is 5.53. The normalized spacial score (nSPS) is 13.3. The van der Waals surface area contributed by atoms with E-state index in [-0.39, 0.29) is 0 Å². The van der Waals surface area contributed by atoms with Crippen LogP contribution in [0.5, 0.6) is 11.5 Å². The molecule has 0 unspecified atom stereocenters. The van der Waals surface area contributed by atoms with Crippen LogP contribution in [0.2, 0.25) is 5.02 Å². The summed E-state index contributed by atoms with van der Waals surface area (Å²) in [5, 5.41) is 5.85. The Morgan fingerprint density at radius 1 is 1.26 bits per heavy atom. The van der Waals surface area contributed by atoms with Crippen molar-refractivity contribution in [2.75, 3.05) is 24.3 Å². The average Bonchev–Trinajstić information content (AvgIpc) is 2.82. The van der Waals surface area contributed by atoms with Crippen LogP contribution < -0.4 is 20.5 Å². The summed E-state index contributed by atoms with van der Waals surface area (Å²) in [5.74, 6) is 1.41. The Balaban J connectivity index is 1.79. The lowest BCUT2D eigenvalue weighted by Gasteiger charge is -2.20. The van der Waals surface area contributed by atoms with Crippen molar-refractivity contribution < 1.29 is 9.47 Å². The molecule has 3 N–H and O–H groups in total. The van der Waals surface area contributed by atoms with Gasteiger partial charge in [0.1, 0.15) is 13.2 Å². The van der Waals surface area contributed by atoms with E-state index in [9.17, 15) is 0 Å². The lowest BCUT2D eigenvalue weighted by Crippen LogP contribution is -2.15. The molecule has 1 aromatic carbocycles. The SMILES string of the molecule is Nc1ccsc1CNc1cc2c(cc1Cl)OCCO2. The number of hydrogen-bond donors (Lipinski definition) is 2. The molecule has 100 valence electrons. The number of benzene rings is 1. The zero-order valence-corrected chi connectivity index (χ0v) is 11.7. The van der Waals surface area contributed by atoms with Crippen LogP contribution in [0.25, 0.3) is 0 Å². The van der Waals surface area contributed by atoms with Gasteiger partial charge in [0.25, 0.3) is 0 Å². The Labute approximate surface area is 120 Å². The van der Waals surface area contributed by atoms with Crippen molar-refractivity contribution in [3.63, 3.8) is 0 Å². The lowest BCUT2D eigenvalue weighted by atomic mass is 10.2. The van der Waals surface area contributed by atoms with Crippen molar-refractivity contribution in [2.45, 2.75) is 6.54 Å². The molecule has 2 heterocycles. The summed E-state index contributed by atoms with van der Waals surface area (Å²) in [6.07, 6.45) is 0. The molecule has 0 bridgehead atoms. The molecule has 1 aromatic heterocycles. The van der Waals surface area contributed by atoms with E-state index < -0.39 is 0 Å². The van der Waals surface area contributed by atoms with Crippen LogP contribution in [0, 0.1) is 0 Å². The number of fused-ring (bicyclic) bond motifs is 1. The minimum Gasteiger partial charge on any atom is -0.486 e. The van der Waals surface area contributed by atoms with Gasteiger partial charge in [-0.2, -0.15) is 0 Å². The maximum atomic E-state index is 6.22.